The van der Waals surface area contributed by atoms with Gasteiger partial charge in [0.1, 0.15) is 17.8 Å². The molecule has 2 fully saturated rings. The van der Waals surface area contributed by atoms with Crippen molar-refractivity contribution in [1.29, 1.82) is 0 Å². The van der Waals surface area contributed by atoms with Crippen LogP contribution in [0.4, 0.5) is 0 Å². The van der Waals surface area contributed by atoms with Gasteiger partial charge >= 0.3 is 5.97 Å². The number of hydrogen-bond donors (Lipinski definition) is 2. The number of carbonyl (C=O) groups excluding carboxylic acids is 1. The van der Waals surface area contributed by atoms with E-state index in [-0.39, 0.29) is 17.3 Å². The van der Waals surface area contributed by atoms with E-state index in [9.17, 15) is 15.0 Å². The van der Waals surface area contributed by atoms with Crippen molar-refractivity contribution in [3.8, 4) is 0 Å². The second-order valence-corrected chi connectivity index (χ2v) is 8.08. The Hall–Kier alpha value is -0.950. The minimum absolute atomic E-state index is 0.0844. The Morgan fingerprint density at radius 2 is 2.04 bits per heavy atom. The highest BCUT2D eigenvalue weighted by atomic mass is 16.7. The summed E-state index contributed by atoms with van der Waals surface area (Å²) in [5.74, 6) is -0.921. The van der Waals surface area contributed by atoms with E-state index in [1.807, 2.05) is 13.0 Å². The Kier molecular flexibility index (Phi) is 4.31. The average molecular weight is 340 g/mol. The summed E-state index contributed by atoms with van der Waals surface area (Å²) in [4.78, 5) is 11.7. The van der Waals surface area contributed by atoms with Crippen LogP contribution < -0.4 is 0 Å². The van der Waals surface area contributed by atoms with E-state index in [0.717, 1.165) is 12.0 Å². The molecule has 6 heteroatoms. The van der Waals surface area contributed by atoms with E-state index in [1.54, 1.807) is 7.11 Å². The van der Waals surface area contributed by atoms with Crippen molar-refractivity contribution < 1.29 is 29.2 Å². The Morgan fingerprint density at radius 3 is 2.58 bits per heavy atom. The minimum atomic E-state index is -1.10. The second-order valence-electron chi connectivity index (χ2n) is 8.08. The van der Waals surface area contributed by atoms with Crippen molar-refractivity contribution >= 4 is 5.97 Å². The molecule has 0 spiro atoms. The van der Waals surface area contributed by atoms with Gasteiger partial charge in [0.15, 0.2) is 6.29 Å². The number of rotatable bonds is 2. The summed E-state index contributed by atoms with van der Waals surface area (Å²) in [6, 6.07) is 0. The number of methoxy groups -OCH3 is 1. The molecule has 2 aliphatic carbocycles. The van der Waals surface area contributed by atoms with Crippen LogP contribution in [0.2, 0.25) is 0 Å². The van der Waals surface area contributed by atoms with Gasteiger partial charge in [-0.15, -0.1) is 0 Å². The van der Waals surface area contributed by atoms with Crippen LogP contribution in [0, 0.1) is 17.3 Å². The first kappa shape index (κ1) is 17.9. The lowest BCUT2D eigenvalue weighted by Crippen LogP contribution is -2.68. The Balaban J connectivity index is 2.10. The molecule has 136 valence electrons. The summed E-state index contributed by atoms with van der Waals surface area (Å²) in [5.41, 5.74) is -0.0874. The molecule has 1 saturated heterocycles. The van der Waals surface area contributed by atoms with Crippen molar-refractivity contribution in [1.82, 2.24) is 0 Å². The number of hydrogen-bond acceptors (Lipinski definition) is 6. The van der Waals surface area contributed by atoms with Crippen LogP contribution in [-0.2, 0) is 19.0 Å². The Morgan fingerprint density at radius 1 is 1.38 bits per heavy atom. The van der Waals surface area contributed by atoms with Gasteiger partial charge in [-0.1, -0.05) is 25.5 Å². The standard InChI is InChI=1S/C18H28O6/c1-9-6-12(22-5)15(20)14-11-8-17(3,4)18(11,24-16(14)21)13(7-9)23-10(2)19/h6,11-16,20-21H,7-8H2,1-5H3/b9-6-/t11-,12-,13+,14?,15+,16?,18-/m1/s1. The van der Waals surface area contributed by atoms with Gasteiger partial charge < -0.3 is 24.4 Å². The van der Waals surface area contributed by atoms with Crippen LogP contribution in [0.5, 0.6) is 0 Å². The third kappa shape index (κ3) is 2.35. The average Bonchev–Trinajstić information content (AvgIpc) is 2.73. The summed E-state index contributed by atoms with van der Waals surface area (Å²) in [6.45, 7) is 7.44. The fourth-order valence-electron chi connectivity index (χ4n) is 5.18. The van der Waals surface area contributed by atoms with Crippen LogP contribution in [0.1, 0.15) is 40.5 Å². The van der Waals surface area contributed by atoms with Gasteiger partial charge in [0.25, 0.3) is 0 Å². The summed E-state index contributed by atoms with van der Waals surface area (Å²) < 4.78 is 17.2. The third-order valence-electron chi connectivity index (χ3n) is 6.19. The first-order valence-corrected chi connectivity index (χ1v) is 8.55. The summed E-state index contributed by atoms with van der Waals surface area (Å²) in [5, 5.41) is 21.4. The van der Waals surface area contributed by atoms with Crippen molar-refractivity contribution in [3.63, 3.8) is 0 Å². The molecule has 6 nitrogen and oxygen atoms in total. The topological polar surface area (TPSA) is 85.2 Å². The van der Waals surface area contributed by atoms with E-state index in [1.165, 1.54) is 6.92 Å². The normalized spacial score (nSPS) is 48.9. The Labute approximate surface area is 142 Å². The molecule has 1 aliphatic heterocycles. The van der Waals surface area contributed by atoms with Crippen molar-refractivity contribution in [2.24, 2.45) is 17.3 Å². The third-order valence-corrected chi connectivity index (χ3v) is 6.19. The lowest BCUT2D eigenvalue weighted by Gasteiger charge is -2.61. The second kappa shape index (κ2) is 5.80. The SMILES string of the molecule is CO[C@@H]1/C=C(/C)C[C@H](OC(C)=O)[C@]23OC(O)C([C@H]1O)[C@H]2CC3(C)C. The molecule has 1 heterocycles. The Bertz CT molecular complexity index is 556. The molecule has 0 radical (unpaired) electrons. The molecule has 0 aromatic rings. The molecule has 2 N–H and O–H groups in total. The van der Waals surface area contributed by atoms with Gasteiger partial charge in [0, 0.05) is 32.3 Å². The fraction of sp³-hybridized carbons (Fsp3) is 0.833. The molecule has 1 saturated carbocycles. The van der Waals surface area contributed by atoms with Gasteiger partial charge in [0.2, 0.25) is 0 Å². The quantitative estimate of drug-likeness (QED) is 0.584. The minimum Gasteiger partial charge on any atom is -0.459 e. The van der Waals surface area contributed by atoms with E-state index in [2.05, 4.69) is 13.8 Å². The summed E-state index contributed by atoms with van der Waals surface area (Å²) in [6.07, 6.45) is 0.141. The molecule has 0 aromatic carbocycles. The summed E-state index contributed by atoms with van der Waals surface area (Å²) >= 11 is 0. The summed E-state index contributed by atoms with van der Waals surface area (Å²) in [7, 11) is 1.54. The largest absolute Gasteiger partial charge is 0.459 e. The predicted molar refractivity (Wildman–Crippen MR) is 85.9 cm³/mol. The highest BCUT2D eigenvalue weighted by molar-refractivity contribution is 5.66. The fourth-order valence-corrected chi connectivity index (χ4v) is 5.18. The molecule has 7 atom stereocenters. The maximum absolute atomic E-state index is 11.7. The van der Waals surface area contributed by atoms with E-state index < -0.39 is 36.1 Å². The van der Waals surface area contributed by atoms with Gasteiger partial charge in [-0.25, -0.2) is 0 Å². The van der Waals surface area contributed by atoms with Gasteiger partial charge in [0.05, 0.1) is 6.10 Å². The molecular formula is C18H28O6. The monoisotopic (exact) mass is 340 g/mol. The van der Waals surface area contributed by atoms with Gasteiger partial charge in [-0.3, -0.25) is 4.79 Å². The molecule has 24 heavy (non-hydrogen) atoms. The highest BCUT2D eigenvalue weighted by Gasteiger charge is 2.74. The molecule has 0 aromatic heterocycles. The number of ether oxygens (including phenoxy) is 3. The van der Waals surface area contributed by atoms with Crippen LogP contribution in [-0.4, -0.2) is 53.5 Å². The molecule has 2 bridgehead atoms. The van der Waals surface area contributed by atoms with Crippen LogP contribution in [0.15, 0.2) is 11.6 Å². The van der Waals surface area contributed by atoms with E-state index in [0.29, 0.717) is 6.42 Å². The van der Waals surface area contributed by atoms with Crippen molar-refractivity contribution in [3.05, 3.63) is 11.6 Å². The van der Waals surface area contributed by atoms with Crippen LogP contribution in [0.25, 0.3) is 0 Å². The van der Waals surface area contributed by atoms with E-state index in [4.69, 9.17) is 14.2 Å². The van der Waals surface area contributed by atoms with Crippen LogP contribution >= 0.6 is 0 Å². The van der Waals surface area contributed by atoms with Crippen LogP contribution in [0.3, 0.4) is 0 Å². The lowest BCUT2D eigenvalue weighted by atomic mass is 9.47. The highest BCUT2D eigenvalue weighted by Crippen LogP contribution is 2.67. The lowest BCUT2D eigenvalue weighted by molar-refractivity contribution is -0.276. The predicted octanol–water partition coefficient (Wildman–Crippen LogP) is 1.39. The zero-order chi connectivity index (χ0) is 17.9. The maximum atomic E-state index is 11.7. The molecular weight excluding hydrogens is 312 g/mol. The molecule has 0 amide bonds. The number of esters is 1. The van der Waals surface area contributed by atoms with Crippen molar-refractivity contribution in [2.75, 3.05) is 7.11 Å². The number of aliphatic hydroxyl groups excluding tert-OH is 2. The van der Waals surface area contributed by atoms with Gasteiger partial charge in [-0.2, -0.15) is 0 Å². The van der Waals surface area contributed by atoms with Gasteiger partial charge in [-0.05, 0) is 18.8 Å². The smallest absolute Gasteiger partial charge is 0.303 e. The first-order chi connectivity index (χ1) is 11.1. The molecule has 3 rings (SSSR count). The molecule has 3 aliphatic rings. The number of aliphatic hydroxyl groups is 2. The zero-order valence-corrected chi connectivity index (χ0v) is 15.0. The number of carbonyl (C=O) groups is 1. The van der Waals surface area contributed by atoms with E-state index >= 15 is 0 Å². The maximum Gasteiger partial charge on any atom is 0.303 e. The van der Waals surface area contributed by atoms with Crippen molar-refractivity contribution in [2.45, 2.75) is 70.7 Å². The zero-order valence-electron chi connectivity index (χ0n) is 15.0. The first-order valence-electron chi connectivity index (χ1n) is 8.55. The molecule has 2 unspecified atom stereocenters.